The normalized spacial score (nSPS) is 28.9. The van der Waals surface area contributed by atoms with Crippen LogP contribution >= 0.6 is 0 Å². The SMILES string of the molecule is CC1(C)OC(C=O)C(c2ccccc2)O1. The van der Waals surface area contributed by atoms with Crippen molar-refractivity contribution in [1.29, 1.82) is 0 Å². The maximum absolute atomic E-state index is 10.9. The van der Waals surface area contributed by atoms with Crippen molar-refractivity contribution in [2.75, 3.05) is 0 Å². The van der Waals surface area contributed by atoms with E-state index in [0.717, 1.165) is 11.8 Å². The van der Waals surface area contributed by atoms with E-state index in [2.05, 4.69) is 0 Å². The molecule has 1 heterocycles. The van der Waals surface area contributed by atoms with Gasteiger partial charge in [0.05, 0.1) is 0 Å². The van der Waals surface area contributed by atoms with Gasteiger partial charge in [-0.05, 0) is 19.4 Å². The molecule has 0 aliphatic carbocycles. The summed E-state index contributed by atoms with van der Waals surface area (Å²) in [6.45, 7) is 3.62. The summed E-state index contributed by atoms with van der Waals surface area (Å²) in [7, 11) is 0. The number of aldehydes is 1. The molecular formula is C12H14O3. The quantitative estimate of drug-likeness (QED) is 0.695. The van der Waals surface area contributed by atoms with Gasteiger partial charge in [-0.2, -0.15) is 0 Å². The minimum atomic E-state index is -0.688. The van der Waals surface area contributed by atoms with Crippen LogP contribution in [0.25, 0.3) is 0 Å². The molecular weight excluding hydrogens is 192 g/mol. The molecule has 80 valence electrons. The van der Waals surface area contributed by atoms with Crippen molar-refractivity contribution < 1.29 is 14.3 Å². The van der Waals surface area contributed by atoms with Gasteiger partial charge < -0.3 is 14.3 Å². The van der Waals surface area contributed by atoms with E-state index >= 15 is 0 Å². The Balaban J connectivity index is 2.26. The lowest BCUT2D eigenvalue weighted by atomic mass is 10.1. The molecule has 0 spiro atoms. The molecule has 2 atom stereocenters. The minimum absolute atomic E-state index is 0.293. The molecule has 1 aliphatic rings. The Labute approximate surface area is 89.0 Å². The Morgan fingerprint density at radius 1 is 1.20 bits per heavy atom. The first-order valence-electron chi connectivity index (χ1n) is 4.98. The van der Waals surface area contributed by atoms with Crippen LogP contribution in [0.15, 0.2) is 30.3 Å². The lowest BCUT2D eigenvalue weighted by molar-refractivity contribution is -0.150. The summed E-state index contributed by atoms with van der Waals surface area (Å²) in [4.78, 5) is 10.9. The fourth-order valence-electron chi connectivity index (χ4n) is 1.79. The number of hydrogen-bond donors (Lipinski definition) is 0. The largest absolute Gasteiger partial charge is 0.339 e. The number of benzene rings is 1. The van der Waals surface area contributed by atoms with E-state index in [9.17, 15) is 4.79 Å². The highest BCUT2D eigenvalue weighted by molar-refractivity contribution is 5.58. The van der Waals surface area contributed by atoms with Crippen LogP contribution in [-0.4, -0.2) is 18.2 Å². The van der Waals surface area contributed by atoms with Crippen LogP contribution in [0, 0.1) is 0 Å². The van der Waals surface area contributed by atoms with E-state index < -0.39 is 11.9 Å². The molecule has 3 nitrogen and oxygen atoms in total. The molecule has 0 radical (unpaired) electrons. The third-order valence-corrected chi connectivity index (χ3v) is 2.39. The highest BCUT2D eigenvalue weighted by atomic mass is 16.8. The molecule has 3 heteroatoms. The molecule has 1 saturated heterocycles. The van der Waals surface area contributed by atoms with Gasteiger partial charge in [0.15, 0.2) is 12.1 Å². The standard InChI is InChI=1S/C12H14O3/c1-12(2)14-10(8-13)11(15-12)9-6-4-3-5-7-9/h3-8,10-11H,1-2H3. The van der Waals surface area contributed by atoms with Gasteiger partial charge in [0.2, 0.25) is 0 Å². The molecule has 2 unspecified atom stereocenters. The van der Waals surface area contributed by atoms with Gasteiger partial charge in [-0.1, -0.05) is 30.3 Å². The zero-order valence-electron chi connectivity index (χ0n) is 8.84. The molecule has 0 N–H and O–H groups in total. The summed E-state index contributed by atoms with van der Waals surface area (Å²) in [5, 5.41) is 0. The highest BCUT2D eigenvalue weighted by Gasteiger charge is 2.41. The predicted octanol–water partition coefficient (Wildman–Crippen LogP) is 2.08. The maximum atomic E-state index is 10.9. The van der Waals surface area contributed by atoms with E-state index in [4.69, 9.17) is 9.47 Å². The van der Waals surface area contributed by atoms with Crippen molar-refractivity contribution in [2.24, 2.45) is 0 Å². The van der Waals surface area contributed by atoms with Crippen molar-refractivity contribution in [3.8, 4) is 0 Å². The van der Waals surface area contributed by atoms with E-state index in [1.54, 1.807) is 0 Å². The molecule has 2 rings (SSSR count). The van der Waals surface area contributed by atoms with Crippen LogP contribution in [0.1, 0.15) is 25.5 Å². The van der Waals surface area contributed by atoms with Crippen molar-refractivity contribution in [3.05, 3.63) is 35.9 Å². The molecule has 0 aromatic heterocycles. The first-order valence-corrected chi connectivity index (χ1v) is 4.98. The fraction of sp³-hybridized carbons (Fsp3) is 0.417. The number of hydrogen-bond acceptors (Lipinski definition) is 3. The zero-order chi connectivity index (χ0) is 10.9. The zero-order valence-corrected chi connectivity index (χ0v) is 8.84. The molecule has 15 heavy (non-hydrogen) atoms. The summed E-state index contributed by atoms with van der Waals surface area (Å²) in [5.74, 6) is -0.688. The van der Waals surface area contributed by atoms with Crippen LogP contribution in [0.4, 0.5) is 0 Å². The van der Waals surface area contributed by atoms with Gasteiger partial charge in [-0.3, -0.25) is 0 Å². The Kier molecular flexibility index (Phi) is 2.59. The Bertz CT molecular complexity index is 345. The van der Waals surface area contributed by atoms with Gasteiger partial charge in [-0.15, -0.1) is 0 Å². The maximum Gasteiger partial charge on any atom is 0.164 e. The van der Waals surface area contributed by atoms with E-state index in [1.165, 1.54) is 0 Å². The van der Waals surface area contributed by atoms with Gasteiger partial charge in [-0.25, -0.2) is 0 Å². The summed E-state index contributed by atoms with van der Waals surface area (Å²) >= 11 is 0. The number of carbonyl (C=O) groups excluding carboxylic acids is 1. The van der Waals surface area contributed by atoms with Crippen LogP contribution < -0.4 is 0 Å². The Morgan fingerprint density at radius 2 is 1.87 bits per heavy atom. The van der Waals surface area contributed by atoms with Crippen molar-refractivity contribution in [1.82, 2.24) is 0 Å². The fourth-order valence-corrected chi connectivity index (χ4v) is 1.79. The van der Waals surface area contributed by atoms with E-state index in [1.807, 2.05) is 44.2 Å². The summed E-state index contributed by atoms with van der Waals surface area (Å²) < 4.78 is 11.2. The Hall–Kier alpha value is -1.19. The molecule has 1 aromatic carbocycles. The lowest BCUT2D eigenvalue weighted by Gasteiger charge is -2.16. The summed E-state index contributed by atoms with van der Waals surface area (Å²) in [6, 6.07) is 9.65. The predicted molar refractivity (Wildman–Crippen MR) is 55.3 cm³/mol. The third kappa shape index (κ3) is 2.08. The van der Waals surface area contributed by atoms with Crippen molar-refractivity contribution in [2.45, 2.75) is 31.8 Å². The molecule has 0 saturated carbocycles. The van der Waals surface area contributed by atoms with Gasteiger partial charge in [0, 0.05) is 0 Å². The van der Waals surface area contributed by atoms with Gasteiger partial charge >= 0.3 is 0 Å². The monoisotopic (exact) mass is 206 g/mol. The van der Waals surface area contributed by atoms with Crippen molar-refractivity contribution >= 4 is 6.29 Å². The van der Waals surface area contributed by atoms with Crippen LogP contribution in [0.3, 0.4) is 0 Å². The molecule has 1 aliphatic heterocycles. The topological polar surface area (TPSA) is 35.5 Å². The molecule has 0 bridgehead atoms. The minimum Gasteiger partial charge on any atom is -0.339 e. The number of carbonyl (C=O) groups is 1. The average Bonchev–Trinajstić information content (AvgIpc) is 2.55. The summed E-state index contributed by atoms with van der Waals surface area (Å²) in [6.07, 6.45) is -0.00650. The first-order chi connectivity index (χ1) is 7.12. The lowest BCUT2D eigenvalue weighted by Crippen LogP contribution is -2.21. The molecule has 0 amide bonds. The second kappa shape index (κ2) is 3.76. The summed E-state index contributed by atoms with van der Waals surface area (Å²) in [5.41, 5.74) is 0.972. The van der Waals surface area contributed by atoms with Gasteiger partial charge in [0.1, 0.15) is 12.2 Å². The van der Waals surface area contributed by atoms with Crippen molar-refractivity contribution in [3.63, 3.8) is 0 Å². The highest BCUT2D eigenvalue weighted by Crippen LogP contribution is 2.36. The van der Waals surface area contributed by atoms with Gasteiger partial charge in [0.25, 0.3) is 0 Å². The number of ether oxygens (including phenoxy) is 2. The number of rotatable bonds is 2. The Morgan fingerprint density at radius 3 is 2.47 bits per heavy atom. The molecule has 1 aromatic rings. The van der Waals surface area contributed by atoms with Crippen LogP contribution in [-0.2, 0) is 14.3 Å². The second-order valence-corrected chi connectivity index (χ2v) is 4.07. The molecule has 1 fully saturated rings. The van der Waals surface area contributed by atoms with Crippen LogP contribution in [0.2, 0.25) is 0 Å². The first kappa shape index (κ1) is 10.3. The van der Waals surface area contributed by atoms with E-state index in [-0.39, 0.29) is 6.10 Å². The van der Waals surface area contributed by atoms with Crippen LogP contribution in [0.5, 0.6) is 0 Å². The smallest absolute Gasteiger partial charge is 0.164 e. The van der Waals surface area contributed by atoms with E-state index in [0.29, 0.717) is 0 Å². The third-order valence-electron chi connectivity index (χ3n) is 2.39. The average molecular weight is 206 g/mol. The second-order valence-electron chi connectivity index (χ2n) is 4.07.